The predicted octanol–water partition coefficient (Wildman–Crippen LogP) is 3.56. The summed E-state index contributed by atoms with van der Waals surface area (Å²) in [6.07, 6.45) is 3.79. The second-order valence-electron chi connectivity index (χ2n) is 5.27. The molecule has 0 spiro atoms. The van der Waals surface area contributed by atoms with E-state index in [0.717, 1.165) is 29.4 Å². The Bertz CT molecular complexity index is 392. The van der Waals surface area contributed by atoms with Crippen LogP contribution in [0.3, 0.4) is 0 Å². The molecule has 94 valence electrons. The summed E-state index contributed by atoms with van der Waals surface area (Å²) in [5, 5.41) is 10.7. The van der Waals surface area contributed by atoms with Crippen LogP contribution in [0.1, 0.15) is 38.7 Å². The van der Waals surface area contributed by atoms with Crippen LogP contribution in [0.5, 0.6) is 0 Å². The number of rotatable bonds is 2. The van der Waals surface area contributed by atoms with Gasteiger partial charge in [-0.1, -0.05) is 17.7 Å². The van der Waals surface area contributed by atoms with Gasteiger partial charge in [0.1, 0.15) is 0 Å². The summed E-state index contributed by atoms with van der Waals surface area (Å²) in [4.78, 5) is 2.33. The van der Waals surface area contributed by atoms with E-state index in [1.165, 1.54) is 19.3 Å². The molecule has 1 aromatic rings. The lowest BCUT2D eigenvalue weighted by molar-refractivity contribution is 0.0786. The third-order valence-corrected chi connectivity index (χ3v) is 3.65. The summed E-state index contributed by atoms with van der Waals surface area (Å²) in [5.41, 5.74) is 1.13. The SMILES string of the molecule is CC(C)(O)c1ccc(N2CCCCC2)c(Cl)c1. The Morgan fingerprint density at radius 3 is 2.35 bits per heavy atom. The first-order chi connectivity index (χ1) is 7.98. The molecule has 1 saturated heterocycles. The third-order valence-electron chi connectivity index (χ3n) is 3.35. The highest BCUT2D eigenvalue weighted by Crippen LogP contribution is 2.32. The molecule has 1 fully saturated rings. The van der Waals surface area contributed by atoms with Crippen LogP contribution in [0.2, 0.25) is 5.02 Å². The lowest BCUT2D eigenvalue weighted by atomic mass is 9.98. The number of piperidine rings is 1. The van der Waals surface area contributed by atoms with Crippen LogP contribution >= 0.6 is 11.6 Å². The lowest BCUT2D eigenvalue weighted by Crippen LogP contribution is -2.29. The van der Waals surface area contributed by atoms with Gasteiger partial charge in [-0.3, -0.25) is 0 Å². The minimum atomic E-state index is -0.829. The molecule has 17 heavy (non-hydrogen) atoms. The number of hydrogen-bond acceptors (Lipinski definition) is 2. The highest BCUT2D eigenvalue weighted by molar-refractivity contribution is 6.33. The number of halogens is 1. The van der Waals surface area contributed by atoms with Crippen LogP contribution in [0, 0.1) is 0 Å². The number of nitrogens with zero attached hydrogens (tertiary/aromatic N) is 1. The molecule has 1 heterocycles. The van der Waals surface area contributed by atoms with Crippen molar-refractivity contribution in [3.63, 3.8) is 0 Å². The van der Waals surface area contributed by atoms with E-state index in [4.69, 9.17) is 11.6 Å². The van der Waals surface area contributed by atoms with Crippen molar-refractivity contribution in [1.82, 2.24) is 0 Å². The maximum atomic E-state index is 9.94. The molecule has 1 aliphatic heterocycles. The molecular weight excluding hydrogens is 234 g/mol. The van der Waals surface area contributed by atoms with Crippen molar-refractivity contribution >= 4 is 17.3 Å². The lowest BCUT2D eigenvalue weighted by Gasteiger charge is -2.30. The van der Waals surface area contributed by atoms with Crippen molar-refractivity contribution in [2.75, 3.05) is 18.0 Å². The Morgan fingerprint density at radius 2 is 1.82 bits per heavy atom. The molecule has 0 saturated carbocycles. The predicted molar refractivity (Wildman–Crippen MR) is 72.8 cm³/mol. The van der Waals surface area contributed by atoms with Gasteiger partial charge in [0.2, 0.25) is 0 Å². The standard InChI is InChI=1S/C14H20ClNO/c1-14(2,17)11-6-7-13(12(15)10-11)16-8-4-3-5-9-16/h6-7,10,17H,3-5,8-9H2,1-2H3. The molecule has 0 atom stereocenters. The van der Waals surface area contributed by atoms with Gasteiger partial charge in [-0.05, 0) is 50.8 Å². The van der Waals surface area contributed by atoms with Crippen LogP contribution in [-0.4, -0.2) is 18.2 Å². The van der Waals surface area contributed by atoms with Crippen molar-refractivity contribution in [3.05, 3.63) is 28.8 Å². The Hall–Kier alpha value is -0.730. The molecule has 0 radical (unpaired) electrons. The van der Waals surface area contributed by atoms with E-state index in [0.29, 0.717) is 0 Å². The maximum absolute atomic E-state index is 9.94. The average Bonchev–Trinajstić information content (AvgIpc) is 2.29. The second-order valence-corrected chi connectivity index (χ2v) is 5.68. The fourth-order valence-corrected chi connectivity index (χ4v) is 2.58. The first kappa shape index (κ1) is 12.7. The molecule has 1 aliphatic rings. The van der Waals surface area contributed by atoms with Crippen molar-refractivity contribution in [2.45, 2.75) is 38.7 Å². The van der Waals surface area contributed by atoms with Gasteiger partial charge in [-0.15, -0.1) is 0 Å². The van der Waals surface area contributed by atoms with Gasteiger partial charge in [-0.2, -0.15) is 0 Å². The van der Waals surface area contributed by atoms with Crippen LogP contribution < -0.4 is 4.90 Å². The van der Waals surface area contributed by atoms with Crippen LogP contribution in [0.4, 0.5) is 5.69 Å². The quantitative estimate of drug-likeness (QED) is 0.871. The molecule has 3 heteroatoms. The van der Waals surface area contributed by atoms with E-state index < -0.39 is 5.60 Å². The van der Waals surface area contributed by atoms with Gasteiger partial charge >= 0.3 is 0 Å². The van der Waals surface area contributed by atoms with Crippen LogP contribution in [0.25, 0.3) is 0 Å². The Balaban J connectivity index is 2.25. The average molecular weight is 254 g/mol. The number of aliphatic hydroxyl groups is 1. The smallest absolute Gasteiger partial charge is 0.0841 e. The third kappa shape index (κ3) is 2.93. The molecular formula is C14H20ClNO. The normalized spacial score (nSPS) is 17.3. The van der Waals surface area contributed by atoms with E-state index in [2.05, 4.69) is 4.90 Å². The van der Waals surface area contributed by atoms with E-state index in [1.807, 2.05) is 18.2 Å². The molecule has 0 unspecified atom stereocenters. The Kier molecular flexibility index (Phi) is 3.64. The van der Waals surface area contributed by atoms with Gasteiger partial charge in [0.25, 0.3) is 0 Å². The summed E-state index contributed by atoms with van der Waals surface area (Å²) >= 11 is 6.32. The minimum absolute atomic E-state index is 0.742. The Morgan fingerprint density at radius 1 is 1.18 bits per heavy atom. The van der Waals surface area contributed by atoms with Crippen molar-refractivity contribution in [2.24, 2.45) is 0 Å². The Labute approximate surface area is 108 Å². The van der Waals surface area contributed by atoms with Crippen LogP contribution in [0.15, 0.2) is 18.2 Å². The highest BCUT2D eigenvalue weighted by Gasteiger charge is 2.19. The fraction of sp³-hybridized carbons (Fsp3) is 0.571. The zero-order valence-corrected chi connectivity index (χ0v) is 11.3. The molecule has 2 nitrogen and oxygen atoms in total. The molecule has 0 amide bonds. The fourth-order valence-electron chi connectivity index (χ4n) is 2.28. The summed E-state index contributed by atoms with van der Waals surface area (Å²) in [5.74, 6) is 0. The second kappa shape index (κ2) is 4.87. The van der Waals surface area contributed by atoms with E-state index >= 15 is 0 Å². The summed E-state index contributed by atoms with van der Waals surface area (Å²) < 4.78 is 0. The van der Waals surface area contributed by atoms with Crippen molar-refractivity contribution in [3.8, 4) is 0 Å². The summed E-state index contributed by atoms with van der Waals surface area (Å²) in [6, 6.07) is 5.88. The first-order valence-corrected chi connectivity index (χ1v) is 6.63. The summed E-state index contributed by atoms with van der Waals surface area (Å²) in [7, 11) is 0. The van der Waals surface area contributed by atoms with Crippen LogP contribution in [-0.2, 0) is 5.60 Å². The maximum Gasteiger partial charge on any atom is 0.0841 e. The van der Waals surface area contributed by atoms with Crippen molar-refractivity contribution in [1.29, 1.82) is 0 Å². The monoisotopic (exact) mass is 253 g/mol. The number of hydrogen-bond donors (Lipinski definition) is 1. The van der Waals surface area contributed by atoms with Gasteiger partial charge in [0, 0.05) is 13.1 Å². The molecule has 1 aromatic carbocycles. The number of anilines is 1. The van der Waals surface area contributed by atoms with E-state index in [-0.39, 0.29) is 0 Å². The number of benzene rings is 1. The molecule has 0 aromatic heterocycles. The van der Waals surface area contributed by atoms with Gasteiger partial charge in [0.15, 0.2) is 0 Å². The molecule has 0 bridgehead atoms. The molecule has 0 aliphatic carbocycles. The van der Waals surface area contributed by atoms with E-state index in [1.54, 1.807) is 13.8 Å². The molecule has 1 N–H and O–H groups in total. The van der Waals surface area contributed by atoms with Crippen molar-refractivity contribution < 1.29 is 5.11 Å². The van der Waals surface area contributed by atoms with Gasteiger partial charge in [0.05, 0.1) is 16.3 Å². The zero-order chi connectivity index (χ0) is 12.5. The van der Waals surface area contributed by atoms with Gasteiger partial charge < -0.3 is 10.0 Å². The zero-order valence-electron chi connectivity index (χ0n) is 10.5. The first-order valence-electron chi connectivity index (χ1n) is 6.26. The minimum Gasteiger partial charge on any atom is -0.386 e. The summed E-state index contributed by atoms with van der Waals surface area (Å²) in [6.45, 7) is 5.72. The highest BCUT2D eigenvalue weighted by atomic mass is 35.5. The van der Waals surface area contributed by atoms with Gasteiger partial charge in [-0.25, -0.2) is 0 Å². The molecule has 2 rings (SSSR count). The topological polar surface area (TPSA) is 23.5 Å². The van der Waals surface area contributed by atoms with E-state index in [9.17, 15) is 5.11 Å². The largest absolute Gasteiger partial charge is 0.386 e.